The van der Waals surface area contributed by atoms with Crippen molar-refractivity contribution < 1.29 is 42.6 Å². The molecule has 0 spiro atoms. The molecule has 0 unspecified atom stereocenters. The molecule has 2 saturated carbocycles. The maximum atomic E-state index is 14.1. The molecule has 8 atom stereocenters. The van der Waals surface area contributed by atoms with Gasteiger partial charge in [0.1, 0.15) is 30.0 Å². The van der Waals surface area contributed by atoms with Crippen molar-refractivity contribution in [2.24, 2.45) is 34.5 Å². The van der Waals surface area contributed by atoms with Gasteiger partial charge in [0.2, 0.25) is 23.6 Å². The predicted octanol–water partition coefficient (Wildman–Crippen LogP) is 6.14. The van der Waals surface area contributed by atoms with E-state index in [1.807, 2.05) is 90.1 Å². The molecule has 4 fully saturated rings. The van der Waals surface area contributed by atoms with E-state index in [2.05, 4.69) is 26.2 Å². The van der Waals surface area contributed by atoms with Gasteiger partial charge in [0.15, 0.2) is 0 Å². The van der Waals surface area contributed by atoms with Gasteiger partial charge in [-0.3, -0.25) is 19.2 Å². The van der Waals surface area contributed by atoms with Crippen LogP contribution < -0.4 is 26.2 Å². The van der Waals surface area contributed by atoms with Crippen molar-refractivity contribution in [1.82, 2.24) is 20.4 Å². The minimum Gasteiger partial charge on any atom is -0.453 e. The number of amides is 6. The molecule has 6 amide bonds. The van der Waals surface area contributed by atoms with Crippen molar-refractivity contribution in [3.8, 4) is 0 Å². The Morgan fingerprint density at radius 3 is 1.34 bits per heavy atom. The van der Waals surface area contributed by atoms with Crippen LogP contribution in [0, 0.1) is 40.3 Å². The quantitative estimate of drug-likeness (QED) is 0.157. The minimum atomic E-state index is -0.876. The van der Waals surface area contributed by atoms with E-state index in [1.54, 1.807) is 21.9 Å². The third-order valence-electron chi connectivity index (χ3n) is 12.9. The summed E-state index contributed by atoms with van der Waals surface area (Å²) >= 11 is 0. The second-order valence-electron chi connectivity index (χ2n) is 19.8. The highest BCUT2D eigenvalue weighted by atomic mass is 19.1. The summed E-state index contributed by atoms with van der Waals surface area (Å²) in [6.07, 6.45) is 0.305. The van der Waals surface area contributed by atoms with Gasteiger partial charge in [0.25, 0.3) is 0 Å². The van der Waals surface area contributed by atoms with Gasteiger partial charge in [0, 0.05) is 43.2 Å². The van der Waals surface area contributed by atoms with Crippen molar-refractivity contribution in [3.63, 3.8) is 0 Å². The summed E-state index contributed by atoms with van der Waals surface area (Å²) < 4.78 is 23.6. The normalized spacial score (nSPS) is 22.8. The molecule has 0 radical (unpaired) electrons. The number of fused-ring (bicyclic) bond motifs is 2. The second kappa shape index (κ2) is 18.1. The molecule has 2 aliphatic carbocycles. The molecule has 2 aliphatic heterocycles. The Kier molecular flexibility index (Phi) is 13.0. The number of likely N-dealkylation sites (tertiary alicyclic amines) is 2. The lowest BCUT2D eigenvalue weighted by Crippen LogP contribution is -2.58. The fourth-order valence-corrected chi connectivity index (χ4v) is 9.19. The fraction of sp³-hybridized carbons (Fsp3) is 0.500. The van der Waals surface area contributed by atoms with Crippen LogP contribution in [0.15, 0.2) is 72.8 Å². The van der Waals surface area contributed by atoms with Crippen molar-refractivity contribution in [1.29, 1.82) is 0 Å². The second-order valence-corrected chi connectivity index (χ2v) is 19.8. The Morgan fingerprint density at radius 1 is 0.625 bits per heavy atom. The van der Waals surface area contributed by atoms with Gasteiger partial charge in [-0.25, -0.2) is 14.0 Å². The molecular weight excluding hydrogens is 822 g/mol. The van der Waals surface area contributed by atoms with Gasteiger partial charge >= 0.3 is 12.2 Å². The standard InChI is InChI=1S/C48H60FN7O8/c1-47(2,3)39(52-45(61)63-7)43(59)55-25-29-21-35(29)37(55)41(57)50-32-15-9-27(10-16-32)23-54(34-19-13-31(49)14-20-34)24-28-11-17-33(18-12-28)51-42(58)38-36-22-30(36)26-56(38)44(60)40(48(4,5)6)53-46(62)64-8/h9-20,29-30,35-40H,21-26H2,1-8H3,(H,50,57)(H,51,58)(H,52,61)(H,53,62)/t29-,30-,35-,36-,37-,38-,39+,40+/m0/s1. The van der Waals surface area contributed by atoms with Crippen LogP contribution in [0.3, 0.4) is 0 Å². The molecule has 15 nitrogen and oxygen atoms in total. The first-order valence-corrected chi connectivity index (χ1v) is 21.9. The SMILES string of the molecule is COC(=O)N[C@H](C(=O)N1C[C@@H]2C[C@@H]2[C@H]1C(=O)Nc1ccc(CN(Cc2ccc(NC(=O)[C@@H]3[C@H]4C[C@H]4CN3C(=O)[C@@H](NC(=O)OC)C(C)(C)C)cc2)c2ccc(F)cc2)cc1)C(C)(C)C. The van der Waals surface area contributed by atoms with E-state index >= 15 is 0 Å². The summed E-state index contributed by atoms with van der Waals surface area (Å²) in [5, 5.41) is 11.4. The molecule has 64 heavy (non-hydrogen) atoms. The fourth-order valence-electron chi connectivity index (χ4n) is 9.19. The molecule has 0 aromatic heterocycles. The lowest BCUT2D eigenvalue weighted by atomic mass is 9.85. The highest BCUT2D eigenvalue weighted by Gasteiger charge is 2.59. The van der Waals surface area contributed by atoms with E-state index in [0.29, 0.717) is 37.6 Å². The van der Waals surface area contributed by atoms with E-state index in [-0.39, 0.29) is 53.1 Å². The summed E-state index contributed by atoms with van der Waals surface area (Å²) in [4.78, 5) is 84.8. The average Bonchev–Trinajstić information content (AvgIpc) is 4.13. The molecular formula is C48H60FN7O8. The summed E-state index contributed by atoms with van der Waals surface area (Å²) in [5.41, 5.74) is 2.55. The zero-order valence-corrected chi connectivity index (χ0v) is 37.8. The largest absolute Gasteiger partial charge is 0.453 e. The highest BCUT2D eigenvalue weighted by Crippen LogP contribution is 2.51. The smallest absolute Gasteiger partial charge is 0.407 e. The Hall–Kier alpha value is -6.19. The number of ether oxygens (including phenoxy) is 2. The molecule has 2 heterocycles. The number of piperidine rings is 2. The summed E-state index contributed by atoms with van der Waals surface area (Å²) in [5.74, 6) is -0.957. The lowest BCUT2D eigenvalue weighted by molar-refractivity contribution is -0.141. The number of benzene rings is 3. The first-order chi connectivity index (χ1) is 30.2. The number of anilines is 3. The van der Waals surface area contributed by atoms with Crippen LogP contribution in [0.5, 0.6) is 0 Å². The highest BCUT2D eigenvalue weighted by molar-refractivity contribution is 6.00. The van der Waals surface area contributed by atoms with Crippen LogP contribution in [0.4, 0.5) is 31.0 Å². The first kappa shape index (κ1) is 45.8. The number of alkyl carbamates (subject to hydrolysis) is 2. The van der Waals surface area contributed by atoms with Crippen LogP contribution in [0.1, 0.15) is 65.5 Å². The molecule has 342 valence electrons. The van der Waals surface area contributed by atoms with Crippen molar-refractivity contribution in [2.75, 3.05) is 42.8 Å². The van der Waals surface area contributed by atoms with Crippen LogP contribution in [-0.4, -0.2) is 97.1 Å². The molecule has 3 aromatic carbocycles. The first-order valence-electron chi connectivity index (χ1n) is 21.9. The monoisotopic (exact) mass is 881 g/mol. The van der Waals surface area contributed by atoms with Gasteiger partial charge in [-0.05, 0) is 107 Å². The Labute approximate surface area is 373 Å². The van der Waals surface area contributed by atoms with Crippen molar-refractivity contribution in [3.05, 3.63) is 89.7 Å². The molecule has 3 aromatic rings. The molecule has 2 saturated heterocycles. The molecule has 7 rings (SSSR count). The third kappa shape index (κ3) is 10.3. The van der Waals surface area contributed by atoms with E-state index in [9.17, 15) is 33.2 Å². The topological polar surface area (TPSA) is 179 Å². The van der Waals surface area contributed by atoms with Gasteiger partial charge in [-0.15, -0.1) is 0 Å². The minimum absolute atomic E-state index is 0.0556. The zero-order valence-electron chi connectivity index (χ0n) is 37.8. The summed E-state index contributed by atoms with van der Waals surface area (Å²) in [6.45, 7) is 12.9. The van der Waals surface area contributed by atoms with Gasteiger partial charge in [0.05, 0.1) is 14.2 Å². The number of hydrogen-bond acceptors (Lipinski definition) is 9. The van der Waals surface area contributed by atoms with E-state index in [1.165, 1.54) is 26.4 Å². The predicted molar refractivity (Wildman–Crippen MR) is 238 cm³/mol. The van der Waals surface area contributed by atoms with Gasteiger partial charge < -0.3 is 45.4 Å². The Balaban J connectivity index is 0.996. The molecule has 4 N–H and O–H groups in total. The molecule has 16 heteroatoms. The number of carbonyl (C=O) groups is 6. The summed E-state index contributed by atoms with van der Waals surface area (Å²) in [7, 11) is 2.49. The number of carbonyl (C=O) groups excluding carboxylic acids is 6. The van der Waals surface area contributed by atoms with Crippen LogP contribution in [0.2, 0.25) is 0 Å². The van der Waals surface area contributed by atoms with E-state index < -0.39 is 47.2 Å². The third-order valence-corrected chi connectivity index (χ3v) is 12.9. The number of halogens is 1. The Morgan fingerprint density at radius 2 is 1.00 bits per heavy atom. The zero-order chi connectivity index (χ0) is 46.2. The van der Waals surface area contributed by atoms with Crippen LogP contribution in [-0.2, 0) is 41.7 Å². The van der Waals surface area contributed by atoms with Crippen LogP contribution in [0.25, 0.3) is 0 Å². The average molecular weight is 882 g/mol. The number of methoxy groups -OCH3 is 2. The number of nitrogens with one attached hydrogen (secondary N) is 4. The van der Waals surface area contributed by atoms with Crippen molar-refractivity contribution >= 4 is 52.9 Å². The number of hydrogen-bond donors (Lipinski definition) is 4. The number of rotatable bonds is 13. The van der Waals surface area contributed by atoms with Crippen LogP contribution >= 0.6 is 0 Å². The molecule has 0 bridgehead atoms. The van der Waals surface area contributed by atoms with E-state index in [0.717, 1.165) is 29.7 Å². The maximum absolute atomic E-state index is 14.1. The van der Waals surface area contributed by atoms with Gasteiger partial charge in [-0.2, -0.15) is 0 Å². The van der Waals surface area contributed by atoms with Crippen molar-refractivity contribution in [2.45, 2.75) is 91.6 Å². The number of nitrogens with zero attached hydrogens (tertiary/aromatic N) is 3. The Bertz CT molecular complexity index is 2110. The lowest BCUT2D eigenvalue weighted by Gasteiger charge is -2.36. The van der Waals surface area contributed by atoms with E-state index in [4.69, 9.17) is 9.47 Å². The maximum Gasteiger partial charge on any atom is 0.407 e. The molecule has 4 aliphatic rings. The van der Waals surface area contributed by atoms with Gasteiger partial charge in [-0.1, -0.05) is 65.8 Å². The summed E-state index contributed by atoms with van der Waals surface area (Å²) in [6, 6.07) is 18.1.